The van der Waals surface area contributed by atoms with E-state index in [1.54, 1.807) is 17.2 Å². The van der Waals surface area contributed by atoms with E-state index in [9.17, 15) is 10.1 Å². The Balaban J connectivity index is 1.74. The summed E-state index contributed by atoms with van der Waals surface area (Å²) in [5, 5.41) is 12.5. The Hall–Kier alpha value is -2.94. The summed E-state index contributed by atoms with van der Waals surface area (Å²) in [5.41, 5.74) is 0.209. The van der Waals surface area contributed by atoms with Crippen LogP contribution in [-0.4, -0.2) is 22.4 Å². The van der Waals surface area contributed by atoms with E-state index in [4.69, 9.17) is 0 Å². The van der Waals surface area contributed by atoms with Crippen LogP contribution in [0.5, 0.6) is 0 Å². The van der Waals surface area contributed by atoms with E-state index in [2.05, 4.69) is 21.4 Å². The molecule has 1 atom stereocenters. The van der Waals surface area contributed by atoms with Gasteiger partial charge in [-0.1, -0.05) is 37.3 Å². The molecule has 0 aliphatic carbocycles. The van der Waals surface area contributed by atoms with Gasteiger partial charge in [0, 0.05) is 19.3 Å². The number of amides is 1. The Morgan fingerprint density at radius 2 is 2.12 bits per heavy atom. The third-order valence-electron chi connectivity index (χ3n) is 4.45. The number of hydrogen-bond acceptors (Lipinski definition) is 5. The van der Waals surface area contributed by atoms with E-state index in [1.807, 2.05) is 37.3 Å². The topological polar surface area (TPSA) is 81.9 Å². The second kappa shape index (κ2) is 6.67. The number of nitriles is 1. The van der Waals surface area contributed by atoms with E-state index < -0.39 is 5.41 Å². The number of anilines is 2. The lowest BCUT2D eigenvalue weighted by atomic mass is 9.85. The zero-order valence-corrected chi connectivity index (χ0v) is 13.6. The number of carbonyl (C=O) groups is 1. The van der Waals surface area contributed by atoms with E-state index in [0.29, 0.717) is 37.7 Å². The first-order valence-electron chi connectivity index (χ1n) is 8.02. The summed E-state index contributed by atoms with van der Waals surface area (Å²) < 4.78 is 0. The summed E-state index contributed by atoms with van der Waals surface area (Å²) in [4.78, 5) is 22.8. The molecule has 1 unspecified atom stereocenters. The lowest BCUT2D eigenvalue weighted by Gasteiger charge is -2.19. The van der Waals surface area contributed by atoms with Crippen molar-refractivity contribution in [3.63, 3.8) is 0 Å². The first-order valence-corrected chi connectivity index (χ1v) is 8.02. The van der Waals surface area contributed by atoms with Gasteiger partial charge in [-0.05, 0) is 24.5 Å². The molecule has 24 heavy (non-hydrogen) atoms. The lowest BCUT2D eigenvalue weighted by Crippen LogP contribution is -2.33. The number of hydrogen-bond donors (Lipinski definition) is 1. The summed E-state index contributed by atoms with van der Waals surface area (Å²) in [7, 11) is 0. The molecule has 2 heterocycles. The maximum atomic E-state index is 12.6. The third kappa shape index (κ3) is 2.93. The van der Waals surface area contributed by atoms with Gasteiger partial charge in [0.05, 0.1) is 6.07 Å². The lowest BCUT2D eigenvalue weighted by molar-refractivity contribution is -0.123. The molecule has 6 nitrogen and oxygen atoms in total. The summed E-state index contributed by atoms with van der Waals surface area (Å²) in [6.07, 6.45) is 2.68. The molecule has 3 rings (SSSR count). The molecular formula is C18H19N5O. The second-order valence-electron chi connectivity index (χ2n) is 5.83. The van der Waals surface area contributed by atoms with Gasteiger partial charge in [-0.3, -0.25) is 9.69 Å². The molecule has 1 amide bonds. The predicted octanol–water partition coefficient (Wildman–Crippen LogP) is 2.75. The summed E-state index contributed by atoms with van der Waals surface area (Å²) in [6.45, 7) is 2.99. The van der Waals surface area contributed by atoms with Gasteiger partial charge in [0.2, 0.25) is 11.9 Å². The van der Waals surface area contributed by atoms with Crippen molar-refractivity contribution in [1.29, 1.82) is 5.26 Å². The standard InChI is InChI=1S/C18H19N5O/c1-2-18(13-19)9-11-23(16(18)24)15-8-10-20-17(22-15)21-12-14-6-4-3-5-7-14/h3-8,10H,2,9,11-12H2,1H3,(H,20,21,22). The summed E-state index contributed by atoms with van der Waals surface area (Å²) in [5.74, 6) is 0.839. The van der Waals surface area contributed by atoms with Gasteiger partial charge in [0.25, 0.3) is 0 Å². The average molecular weight is 321 g/mol. The highest BCUT2D eigenvalue weighted by Gasteiger charge is 2.46. The highest BCUT2D eigenvalue weighted by Crippen LogP contribution is 2.36. The maximum Gasteiger partial charge on any atom is 0.248 e. The second-order valence-corrected chi connectivity index (χ2v) is 5.83. The molecule has 1 N–H and O–H groups in total. The van der Waals surface area contributed by atoms with Crippen molar-refractivity contribution in [3.05, 3.63) is 48.2 Å². The van der Waals surface area contributed by atoms with E-state index >= 15 is 0 Å². The molecule has 1 aliphatic rings. The minimum absolute atomic E-state index is 0.166. The molecule has 2 aromatic rings. The molecule has 0 radical (unpaired) electrons. The Kier molecular flexibility index (Phi) is 4.43. The van der Waals surface area contributed by atoms with Crippen molar-refractivity contribution in [1.82, 2.24) is 9.97 Å². The smallest absolute Gasteiger partial charge is 0.248 e. The van der Waals surface area contributed by atoms with Crippen LogP contribution in [0.25, 0.3) is 0 Å². The molecule has 1 aliphatic heterocycles. The van der Waals surface area contributed by atoms with Gasteiger partial charge in [-0.25, -0.2) is 4.98 Å². The van der Waals surface area contributed by atoms with Crippen LogP contribution in [0.1, 0.15) is 25.3 Å². The largest absolute Gasteiger partial charge is 0.350 e. The molecule has 1 aromatic heterocycles. The van der Waals surface area contributed by atoms with Crippen LogP contribution in [0.4, 0.5) is 11.8 Å². The highest BCUT2D eigenvalue weighted by atomic mass is 16.2. The zero-order chi connectivity index (χ0) is 17.0. The summed E-state index contributed by atoms with van der Waals surface area (Å²) >= 11 is 0. The first-order chi connectivity index (χ1) is 11.7. The van der Waals surface area contributed by atoms with Crippen molar-refractivity contribution < 1.29 is 4.79 Å². The Bertz CT molecular complexity index is 770. The van der Waals surface area contributed by atoms with E-state index in [1.165, 1.54) is 0 Å². The molecule has 1 saturated heterocycles. The van der Waals surface area contributed by atoms with Gasteiger partial charge in [-0.2, -0.15) is 10.2 Å². The quantitative estimate of drug-likeness (QED) is 0.915. The minimum atomic E-state index is -0.914. The van der Waals surface area contributed by atoms with Crippen molar-refractivity contribution in [3.8, 4) is 6.07 Å². The Labute approximate surface area is 141 Å². The van der Waals surface area contributed by atoms with Crippen LogP contribution < -0.4 is 10.2 Å². The number of benzene rings is 1. The SMILES string of the molecule is CCC1(C#N)CCN(c2ccnc(NCc3ccccc3)n2)C1=O. The monoisotopic (exact) mass is 321 g/mol. The number of nitrogens with zero attached hydrogens (tertiary/aromatic N) is 4. The van der Waals surface area contributed by atoms with Crippen molar-refractivity contribution in [2.75, 3.05) is 16.8 Å². The molecule has 1 aromatic carbocycles. The zero-order valence-electron chi connectivity index (χ0n) is 13.6. The third-order valence-corrected chi connectivity index (χ3v) is 4.45. The van der Waals surface area contributed by atoms with Crippen molar-refractivity contribution in [2.24, 2.45) is 5.41 Å². The molecule has 6 heteroatoms. The van der Waals surface area contributed by atoms with Crippen LogP contribution in [-0.2, 0) is 11.3 Å². The molecular weight excluding hydrogens is 302 g/mol. The molecule has 122 valence electrons. The van der Waals surface area contributed by atoms with E-state index in [0.717, 1.165) is 5.56 Å². The van der Waals surface area contributed by atoms with Gasteiger partial charge < -0.3 is 5.32 Å². The van der Waals surface area contributed by atoms with Gasteiger partial charge in [0.1, 0.15) is 11.2 Å². The molecule has 0 spiro atoms. The van der Waals surface area contributed by atoms with Gasteiger partial charge in [0.15, 0.2) is 0 Å². The molecule has 0 saturated carbocycles. The maximum absolute atomic E-state index is 12.6. The van der Waals surface area contributed by atoms with Crippen LogP contribution in [0.15, 0.2) is 42.6 Å². The van der Waals surface area contributed by atoms with Crippen molar-refractivity contribution >= 4 is 17.7 Å². The molecule has 1 fully saturated rings. The Morgan fingerprint density at radius 1 is 1.33 bits per heavy atom. The Morgan fingerprint density at radius 3 is 2.79 bits per heavy atom. The van der Waals surface area contributed by atoms with Crippen molar-refractivity contribution in [2.45, 2.75) is 26.3 Å². The minimum Gasteiger partial charge on any atom is -0.350 e. The highest BCUT2D eigenvalue weighted by molar-refractivity contribution is 6.01. The van der Waals surface area contributed by atoms with Crippen LogP contribution in [0.2, 0.25) is 0 Å². The fourth-order valence-electron chi connectivity index (χ4n) is 2.86. The number of rotatable bonds is 5. The van der Waals surface area contributed by atoms with Gasteiger partial charge in [-0.15, -0.1) is 0 Å². The fraction of sp³-hybridized carbons (Fsp3) is 0.333. The normalized spacial score (nSPS) is 20.0. The summed E-state index contributed by atoms with van der Waals surface area (Å²) in [6, 6.07) is 13.8. The average Bonchev–Trinajstić information content (AvgIpc) is 2.98. The van der Waals surface area contributed by atoms with Crippen LogP contribution in [0, 0.1) is 16.7 Å². The van der Waals surface area contributed by atoms with Crippen LogP contribution in [0.3, 0.4) is 0 Å². The van der Waals surface area contributed by atoms with E-state index in [-0.39, 0.29) is 5.91 Å². The number of carbonyl (C=O) groups excluding carboxylic acids is 1. The number of nitrogens with one attached hydrogen (secondary N) is 1. The predicted molar refractivity (Wildman–Crippen MR) is 91.1 cm³/mol. The fourth-order valence-corrected chi connectivity index (χ4v) is 2.86. The van der Waals surface area contributed by atoms with Gasteiger partial charge >= 0.3 is 0 Å². The number of aromatic nitrogens is 2. The van der Waals surface area contributed by atoms with Crippen LogP contribution >= 0.6 is 0 Å². The first kappa shape index (κ1) is 15.9. The molecule has 0 bridgehead atoms.